The highest BCUT2D eigenvalue weighted by molar-refractivity contribution is 5.97. The number of carbonyl (C=O) groups is 1. The van der Waals surface area contributed by atoms with Crippen LogP contribution in [0.15, 0.2) is 54.6 Å². The van der Waals surface area contributed by atoms with Crippen LogP contribution in [-0.2, 0) is 12.8 Å². The van der Waals surface area contributed by atoms with Gasteiger partial charge in [0.1, 0.15) is 0 Å². The molecule has 4 heteroatoms. The first-order chi connectivity index (χ1) is 13.1. The summed E-state index contributed by atoms with van der Waals surface area (Å²) in [6, 6.07) is 17.4. The smallest absolute Gasteiger partial charge is 0.168 e. The highest BCUT2D eigenvalue weighted by atomic mass is 16.2. The number of aryl methyl sites for hydroxylation is 3. The minimum Gasteiger partial charge on any atom is -0.396 e. The van der Waals surface area contributed by atoms with Gasteiger partial charge in [0.05, 0.1) is 12.1 Å². The number of hydrogen-bond acceptors (Lipinski definition) is 4. The minimum atomic E-state index is 0.0453. The molecular formula is C23H24N2O2. The van der Waals surface area contributed by atoms with Gasteiger partial charge >= 0.3 is 0 Å². The van der Waals surface area contributed by atoms with Gasteiger partial charge in [0.15, 0.2) is 11.6 Å². The summed E-state index contributed by atoms with van der Waals surface area (Å²) in [5.41, 5.74) is 5.47. The Labute approximate surface area is 159 Å². The fraction of sp³-hybridized carbons (Fsp3) is 0.261. The van der Waals surface area contributed by atoms with Gasteiger partial charge in [0.2, 0.25) is 0 Å². The molecule has 3 aromatic rings. The molecule has 0 spiro atoms. The molecule has 0 saturated carbocycles. The zero-order valence-electron chi connectivity index (χ0n) is 15.8. The molecule has 2 aromatic carbocycles. The number of carbonyl (C=O) groups excluding carboxylic acids is 1. The molecule has 0 amide bonds. The van der Waals surface area contributed by atoms with Gasteiger partial charge in [-0.3, -0.25) is 4.79 Å². The van der Waals surface area contributed by atoms with Crippen LogP contribution in [0.1, 0.15) is 39.3 Å². The standard InChI is InChI=1S/C23H24N2O2/c1-16-13-20(11-10-18(16)9-6-12-26)22(27)15-21-14-17(2)24-23(25-21)19-7-4-3-5-8-19/h3-5,7-8,10-11,13-14,26H,6,9,12,15H2,1-2H3. The van der Waals surface area contributed by atoms with Gasteiger partial charge in [-0.05, 0) is 49.9 Å². The largest absolute Gasteiger partial charge is 0.396 e. The molecule has 0 fully saturated rings. The Balaban J connectivity index is 1.80. The number of ketones is 1. The molecule has 138 valence electrons. The SMILES string of the molecule is Cc1cc(CC(=O)c2ccc(CCCO)c(C)c2)nc(-c2ccccc2)n1. The maximum absolute atomic E-state index is 12.8. The average Bonchev–Trinajstić information content (AvgIpc) is 2.67. The van der Waals surface area contributed by atoms with E-state index in [2.05, 4.69) is 9.97 Å². The molecule has 0 radical (unpaired) electrons. The first kappa shape index (κ1) is 18.9. The Morgan fingerprint density at radius 1 is 1.00 bits per heavy atom. The van der Waals surface area contributed by atoms with E-state index in [0.717, 1.165) is 35.4 Å². The number of nitrogens with zero attached hydrogens (tertiary/aromatic N) is 2. The van der Waals surface area contributed by atoms with E-state index >= 15 is 0 Å². The van der Waals surface area contributed by atoms with Crippen LogP contribution in [0, 0.1) is 13.8 Å². The normalized spacial score (nSPS) is 10.8. The molecule has 0 aliphatic rings. The topological polar surface area (TPSA) is 63.1 Å². The van der Waals surface area contributed by atoms with Gasteiger partial charge in [-0.15, -0.1) is 0 Å². The van der Waals surface area contributed by atoms with Crippen molar-refractivity contribution in [3.8, 4) is 11.4 Å². The van der Waals surface area contributed by atoms with Crippen molar-refractivity contribution in [3.63, 3.8) is 0 Å². The Morgan fingerprint density at radius 2 is 1.78 bits per heavy atom. The molecule has 1 N–H and O–H groups in total. The molecule has 27 heavy (non-hydrogen) atoms. The van der Waals surface area contributed by atoms with Gasteiger partial charge in [-0.25, -0.2) is 9.97 Å². The van der Waals surface area contributed by atoms with Crippen molar-refractivity contribution in [2.24, 2.45) is 0 Å². The van der Waals surface area contributed by atoms with Crippen LogP contribution < -0.4 is 0 Å². The summed E-state index contributed by atoms with van der Waals surface area (Å²) >= 11 is 0. The van der Waals surface area contributed by atoms with Gasteiger partial charge in [0.25, 0.3) is 0 Å². The monoisotopic (exact) mass is 360 g/mol. The summed E-state index contributed by atoms with van der Waals surface area (Å²) in [7, 11) is 0. The van der Waals surface area contributed by atoms with Gasteiger partial charge < -0.3 is 5.11 Å². The van der Waals surface area contributed by atoms with E-state index in [1.54, 1.807) is 0 Å². The number of benzene rings is 2. The lowest BCUT2D eigenvalue weighted by molar-refractivity contribution is 0.0992. The van der Waals surface area contributed by atoms with Crippen LogP contribution in [-0.4, -0.2) is 27.5 Å². The fourth-order valence-corrected chi connectivity index (χ4v) is 3.13. The lowest BCUT2D eigenvalue weighted by Crippen LogP contribution is -2.08. The van der Waals surface area contributed by atoms with Crippen LogP contribution in [0.2, 0.25) is 0 Å². The second kappa shape index (κ2) is 8.69. The van der Waals surface area contributed by atoms with E-state index < -0.39 is 0 Å². The summed E-state index contributed by atoms with van der Waals surface area (Å²) in [4.78, 5) is 21.8. The molecule has 0 unspecified atom stereocenters. The van der Waals surface area contributed by atoms with Crippen LogP contribution in [0.25, 0.3) is 11.4 Å². The third kappa shape index (κ3) is 4.86. The number of Topliss-reactive ketones (excluding diaryl/α,β-unsaturated/α-hetero) is 1. The maximum atomic E-state index is 12.8. The molecule has 0 atom stereocenters. The molecular weight excluding hydrogens is 336 g/mol. The third-order valence-electron chi connectivity index (χ3n) is 4.55. The van der Waals surface area contributed by atoms with Crippen LogP contribution in [0.4, 0.5) is 0 Å². The van der Waals surface area contributed by atoms with Crippen molar-refractivity contribution in [2.45, 2.75) is 33.1 Å². The Kier molecular flexibility index (Phi) is 6.09. The predicted octanol–water partition coefficient (Wildman–Crippen LogP) is 4.11. The predicted molar refractivity (Wildman–Crippen MR) is 107 cm³/mol. The van der Waals surface area contributed by atoms with Crippen molar-refractivity contribution in [1.82, 2.24) is 9.97 Å². The van der Waals surface area contributed by atoms with Gasteiger partial charge in [-0.2, -0.15) is 0 Å². The molecule has 3 rings (SSSR count). The molecule has 0 aliphatic heterocycles. The summed E-state index contributed by atoms with van der Waals surface area (Å²) in [6.07, 6.45) is 1.80. The average molecular weight is 360 g/mol. The molecule has 0 bridgehead atoms. The second-order valence-corrected chi connectivity index (χ2v) is 6.76. The van der Waals surface area contributed by atoms with Crippen LogP contribution >= 0.6 is 0 Å². The third-order valence-corrected chi connectivity index (χ3v) is 4.55. The van der Waals surface area contributed by atoms with E-state index in [0.29, 0.717) is 11.4 Å². The Morgan fingerprint density at radius 3 is 2.48 bits per heavy atom. The quantitative estimate of drug-likeness (QED) is 0.644. The van der Waals surface area contributed by atoms with Crippen molar-refractivity contribution >= 4 is 5.78 Å². The highest BCUT2D eigenvalue weighted by Gasteiger charge is 2.12. The van der Waals surface area contributed by atoms with Crippen molar-refractivity contribution in [1.29, 1.82) is 0 Å². The minimum absolute atomic E-state index is 0.0453. The van der Waals surface area contributed by atoms with E-state index in [-0.39, 0.29) is 18.8 Å². The molecule has 1 aromatic heterocycles. The van der Waals surface area contributed by atoms with Crippen molar-refractivity contribution in [3.05, 3.63) is 82.7 Å². The Hall–Kier alpha value is -2.85. The van der Waals surface area contributed by atoms with E-state index in [4.69, 9.17) is 5.11 Å². The first-order valence-electron chi connectivity index (χ1n) is 9.20. The van der Waals surface area contributed by atoms with E-state index in [1.165, 1.54) is 5.56 Å². The van der Waals surface area contributed by atoms with E-state index in [1.807, 2.05) is 68.4 Å². The lowest BCUT2D eigenvalue weighted by atomic mass is 9.98. The lowest BCUT2D eigenvalue weighted by Gasteiger charge is -2.09. The number of aliphatic hydroxyl groups is 1. The zero-order valence-corrected chi connectivity index (χ0v) is 15.8. The van der Waals surface area contributed by atoms with Crippen LogP contribution in [0.3, 0.4) is 0 Å². The molecule has 0 saturated heterocycles. The number of aromatic nitrogens is 2. The fourth-order valence-electron chi connectivity index (χ4n) is 3.13. The zero-order chi connectivity index (χ0) is 19.2. The van der Waals surface area contributed by atoms with Crippen LogP contribution in [0.5, 0.6) is 0 Å². The summed E-state index contributed by atoms with van der Waals surface area (Å²) in [5, 5.41) is 8.99. The van der Waals surface area contributed by atoms with Gasteiger partial charge in [0, 0.05) is 23.4 Å². The number of rotatable bonds is 7. The van der Waals surface area contributed by atoms with E-state index in [9.17, 15) is 4.79 Å². The summed E-state index contributed by atoms with van der Waals surface area (Å²) in [6.45, 7) is 4.10. The first-order valence-corrected chi connectivity index (χ1v) is 9.20. The number of hydrogen-bond donors (Lipinski definition) is 1. The summed E-state index contributed by atoms with van der Waals surface area (Å²) in [5.74, 6) is 0.692. The van der Waals surface area contributed by atoms with Crippen molar-refractivity contribution in [2.75, 3.05) is 6.61 Å². The van der Waals surface area contributed by atoms with Gasteiger partial charge in [-0.1, -0.05) is 42.5 Å². The summed E-state index contributed by atoms with van der Waals surface area (Å²) < 4.78 is 0. The maximum Gasteiger partial charge on any atom is 0.168 e. The second-order valence-electron chi connectivity index (χ2n) is 6.76. The Bertz CT molecular complexity index is 936. The molecule has 1 heterocycles. The molecule has 0 aliphatic carbocycles. The van der Waals surface area contributed by atoms with Crippen molar-refractivity contribution < 1.29 is 9.90 Å². The molecule has 4 nitrogen and oxygen atoms in total. The highest BCUT2D eigenvalue weighted by Crippen LogP contribution is 2.18. The number of aliphatic hydroxyl groups excluding tert-OH is 1.